The van der Waals surface area contributed by atoms with Gasteiger partial charge in [0.2, 0.25) is 5.88 Å². The van der Waals surface area contributed by atoms with Crippen LogP contribution in [0.1, 0.15) is 5.82 Å². The molecule has 0 aliphatic heterocycles. The molecule has 0 saturated heterocycles. The van der Waals surface area contributed by atoms with E-state index in [4.69, 9.17) is 0 Å². The van der Waals surface area contributed by atoms with Crippen molar-refractivity contribution in [3.63, 3.8) is 0 Å². The molecule has 0 unspecified atom stereocenters. The lowest BCUT2D eigenvalue weighted by molar-refractivity contribution is 0.403. The Kier molecular flexibility index (Phi) is 3.87. The fourth-order valence-electron chi connectivity index (χ4n) is 0.940. The van der Waals surface area contributed by atoms with E-state index >= 15 is 0 Å². The zero-order valence-electron chi connectivity index (χ0n) is 8.04. The number of aromatic hydroxyl groups is 1. The number of nitrogens with zero attached hydrogens (tertiary/aromatic N) is 2. The second-order valence-electron chi connectivity index (χ2n) is 3.20. The van der Waals surface area contributed by atoms with Crippen molar-refractivity contribution < 1.29 is 5.11 Å². The van der Waals surface area contributed by atoms with E-state index in [0.717, 1.165) is 6.54 Å². The van der Waals surface area contributed by atoms with E-state index in [1.54, 1.807) is 22.6 Å². The molecule has 6 heteroatoms. The summed E-state index contributed by atoms with van der Waals surface area (Å²) in [6, 6.07) is 0. The molecule has 0 aromatic carbocycles. The van der Waals surface area contributed by atoms with Crippen LogP contribution in [0.2, 0.25) is 0 Å². The summed E-state index contributed by atoms with van der Waals surface area (Å²) < 4.78 is 0.233. The number of hydrogen-bond donors (Lipinski definition) is 2. The van der Waals surface area contributed by atoms with Gasteiger partial charge in [0, 0.05) is 13.0 Å². The summed E-state index contributed by atoms with van der Waals surface area (Å²) in [5.41, 5.74) is -0.285. The van der Waals surface area contributed by atoms with Gasteiger partial charge < -0.3 is 15.0 Å². The van der Waals surface area contributed by atoms with Crippen LogP contribution in [-0.2, 0) is 6.42 Å². The fourth-order valence-corrected chi connectivity index (χ4v) is 1.20. The lowest BCUT2D eigenvalue weighted by atomic mass is 10.4. The number of rotatable bonds is 3. The first-order chi connectivity index (χ1) is 6.50. The maximum Gasteiger partial charge on any atom is 0.268 e. The first-order valence-corrected chi connectivity index (χ1v) is 5.21. The molecule has 2 N–H and O–H groups in total. The van der Waals surface area contributed by atoms with E-state index < -0.39 is 0 Å². The monoisotopic (exact) mass is 309 g/mol. The molecule has 1 rings (SSSR count). The maximum atomic E-state index is 11.2. The van der Waals surface area contributed by atoms with Crippen molar-refractivity contribution in [3.05, 3.63) is 19.7 Å². The summed E-state index contributed by atoms with van der Waals surface area (Å²) in [6.07, 6.45) is 0.618. The second-order valence-corrected chi connectivity index (χ2v) is 4.28. The molecule has 0 saturated carbocycles. The summed E-state index contributed by atoms with van der Waals surface area (Å²) in [5.74, 6) is 0.324. The SMILES string of the molecule is CN(C)CCc1nc(O)c(I)c(=O)[nH]1. The third kappa shape index (κ3) is 2.95. The van der Waals surface area contributed by atoms with Crippen molar-refractivity contribution in [1.82, 2.24) is 14.9 Å². The molecule has 1 aromatic rings. The molecule has 0 bridgehead atoms. The van der Waals surface area contributed by atoms with Gasteiger partial charge in [-0.05, 0) is 36.7 Å². The molecule has 0 aliphatic rings. The Hall–Kier alpha value is -0.630. The average Bonchev–Trinajstić information content (AvgIpc) is 2.10. The number of halogens is 1. The quantitative estimate of drug-likeness (QED) is 0.782. The molecular weight excluding hydrogens is 297 g/mol. The number of aromatic nitrogens is 2. The molecule has 1 aromatic heterocycles. The Morgan fingerprint density at radius 1 is 1.57 bits per heavy atom. The molecule has 1 heterocycles. The summed E-state index contributed by atoms with van der Waals surface area (Å²) in [4.78, 5) is 19.7. The number of nitrogens with one attached hydrogen (secondary N) is 1. The van der Waals surface area contributed by atoms with Gasteiger partial charge in [0.05, 0.1) is 0 Å². The minimum Gasteiger partial charge on any atom is -0.492 e. The molecule has 0 amide bonds. The molecule has 0 atom stereocenters. The minimum absolute atomic E-state index is 0.192. The van der Waals surface area contributed by atoms with Crippen molar-refractivity contribution in [2.45, 2.75) is 6.42 Å². The smallest absolute Gasteiger partial charge is 0.268 e. The van der Waals surface area contributed by atoms with Crippen LogP contribution in [0.3, 0.4) is 0 Å². The highest BCUT2D eigenvalue weighted by molar-refractivity contribution is 14.1. The molecule has 0 aliphatic carbocycles. The summed E-state index contributed by atoms with van der Waals surface area (Å²) in [7, 11) is 3.87. The van der Waals surface area contributed by atoms with Crippen LogP contribution in [0.4, 0.5) is 0 Å². The largest absolute Gasteiger partial charge is 0.492 e. The van der Waals surface area contributed by atoms with Gasteiger partial charge in [-0.2, -0.15) is 4.98 Å². The highest BCUT2D eigenvalue weighted by Crippen LogP contribution is 2.10. The third-order valence-corrected chi connectivity index (χ3v) is 2.66. The van der Waals surface area contributed by atoms with Crippen LogP contribution in [0.5, 0.6) is 5.88 Å². The zero-order chi connectivity index (χ0) is 10.7. The summed E-state index contributed by atoms with van der Waals surface area (Å²) in [5, 5.41) is 9.29. The Morgan fingerprint density at radius 2 is 2.21 bits per heavy atom. The van der Waals surface area contributed by atoms with Crippen molar-refractivity contribution in [3.8, 4) is 5.88 Å². The number of aromatic amines is 1. The van der Waals surface area contributed by atoms with Crippen molar-refractivity contribution >= 4 is 22.6 Å². The van der Waals surface area contributed by atoms with Gasteiger partial charge in [-0.3, -0.25) is 4.79 Å². The van der Waals surface area contributed by atoms with E-state index in [1.165, 1.54) is 0 Å². The lowest BCUT2D eigenvalue weighted by Gasteiger charge is -2.08. The van der Waals surface area contributed by atoms with Gasteiger partial charge in [-0.1, -0.05) is 0 Å². The molecule has 5 nitrogen and oxygen atoms in total. The number of hydrogen-bond acceptors (Lipinski definition) is 4. The Bertz CT molecular complexity index is 375. The average molecular weight is 309 g/mol. The maximum absolute atomic E-state index is 11.2. The van der Waals surface area contributed by atoms with Crippen molar-refractivity contribution in [2.24, 2.45) is 0 Å². The molecule has 0 radical (unpaired) electrons. The predicted molar refractivity (Wildman–Crippen MR) is 61.5 cm³/mol. The predicted octanol–water partition coefficient (Wildman–Crippen LogP) is 0.184. The van der Waals surface area contributed by atoms with Crippen molar-refractivity contribution in [2.75, 3.05) is 20.6 Å². The lowest BCUT2D eigenvalue weighted by Crippen LogP contribution is -2.20. The van der Waals surface area contributed by atoms with Crippen molar-refractivity contribution in [1.29, 1.82) is 0 Å². The van der Waals surface area contributed by atoms with Crippen LogP contribution in [0, 0.1) is 3.57 Å². The standard InChI is InChI=1S/C8H12IN3O2/c1-12(2)4-3-5-10-7(13)6(9)8(14)11-5/h3-4H2,1-2H3,(H2,10,11,13,14). The minimum atomic E-state index is -0.285. The molecular formula is C8H12IN3O2. The van der Waals surface area contributed by atoms with E-state index in [1.807, 2.05) is 19.0 Å². The van der Waals surface area contributed by atoms with Crippen LogP contribution in [0.25, 0.3) is 0 Å². The highest BCUT2D eigenvalue weighted by atomic mass is 127. The molecule has 0 spiro atoms. The second kappa shape index (κ2) is 4.74. The topological polar surface area (TPSA) is 69.2 Å². The van der Waals surface area contributed by atoms with Crippen LogP contribution in [-0.4, -0.2) is 40.6 Å². The normalized spacial score (nSPS) is 10.9. The van der Waals surface area contributed by atoms with E-state index in [9.17, 15) is 9.90 Å². The zero-order valence-corrected chi connectivity index (χ0v) is 10.2. The van der Waals surface area contributed by atoms with E-state index in [-0.39, 0.29) is 15.0 Å². The molecule has 14 heavy (non-hydrogen) atoms. The van der Waals surface area contributed by atoms with Gasteiger partial charge in [-0.25, -0.2) is 0 Å². The van der Waals surface area contributed by atoms with Gasteiger partial charge in [0.15, 0.2) is 0 Å². The number of H-pyrrole nitrogens is 1. The van der Waals surface area contributed by atoms with Crippen LogP contribution >= 0.6 is 22.6 Å². The summed E-state index contributed by atoms with van der Waals surface area (Å²) >= 11 is 1.76. The van der Waals surface area contributed by atoms with Crippen LogP contribution < -0.4 is 5.56 Å². The summed E-state index contributed by atoms with van der Waals surface area (Å²) in [6.45, 7) is 0.781. The highest BCUT2D eigenvalue weighted by Gasteiger charge is 2.06. The van der Waals surface area contributed by atoms with E-state index in [2.05, 4.69) is 9.97 Å². The first-order valence-electron chi connectivity index (χ1n) is 4.13. The van der Waals surface area contributed by atoms with Crippen LogP contribution in [0.15, 0.2) is 4.79 Å². The fraction of sp³-hybridized carbons (Fsp3) is 0.500. The Labute approximate surface area is 95.3 Å². The Balaban J connectivity index is 2.85. The van der Waals surface area contributed by atoms with Gasteiger partial charge in [-0.15, -0.1) is 0 Å². The molecule has 0 fully saturated rings. The molecule has 78 valence electrons. The number of likely N-dealkylation sites (N-methyl/N-ethyl adjacent to an activating group) is 1. The van der Waals surface area contributed by atoms with Gasteiger partial charge >= 0.3 is 0 Å². The first kappa shape index (κ1) is 11.4. The third-order valence-electron chi connectivity index (χ3n) is 1.69. The van der Waals surface area contributed by atoms with Gasteiger partial charge in [0.25, 0.3) is 5.56 Å². The van der Waals surface area contributed by atoms with E-state index in [0.29, 0.717) is 12.2 Å². The van der Waals surface area contributed by atoms with Gasteiger partial charge in [0.1, 0.15) is 9.39 Å². The Morgan fingerprint density at radius 3 is 2.71 bits per heavy atom.